The molecule has 1 rings (SSSR count). The number of anilines is 1. The zero-order chi connectivity index (χ0) is 16.0. The number of allylic oxidation sites excluding steroid dienone is 1. The zero-order valence-electron chi connectivity index (χ0n) is 11.5. The van der Waals surface area contributed by atoms with Gasteiger partial charge in [0, 0.05) is 4.47 Å². The number of nitrogens with two attached hydrogens (primary N) is 1. The molecule has 2 amide bonds. The lowest BCUT2D eigenvalue weighted by Gasteiger charge is -2.11. The molecule has 0 heterocycles. The van der Waals surface area contributed by atoms with Gasteiger partial charge in [-0.1, -0.05) is 35.2 Å². The average molecular weight is 351 g/mol. The number of hydrogen-bond donors (Lipinski definition) is 2. The van der Waals surface area contributed by atoms with Crippen molar-refractivity contribution in [2.75, 3.05) is 12.4 Å². The van der Waals surface area contributed by atoms with Crippen molar-refractivity contribution >= 4 is 33.4 Å². The normalized spacial score (nSPS) is 11.1. The van der Waals surface area contributed by atoms with Crippen LogP contribution in [0, 0.1) is 0 Å². The summed E-state index contributed by atoms with van der Waals surface area (Å²) in [4.78, 5) is 23.6. The summed E-state index contributed by atoms with van der Waals surface area (Å²) in [5.74, 6) is -0.849. The summed E-state index contributed by atoms with van der Waals surface area (Å²) in [6, 6.07) is 4.78. The molecule has 0 unspecified atom stereocenters. The molecule has 5 nitrogen and oxygen atoms in total. The van der Waals surface area contributed by atoms with Crippen LogP contribution in [0.5, 0.6) is 0 Å². The number of primary amides is 1. The van der Waals surface area contributed by atoms with Crippen LogP contribution in [0.15, 0.2) is 59.3 Å². The predicted octanol–water partition coefficient (Wildman–Crippen LogP) is 2.76. The van der Waals surface area contributed by atoms with Gasteiger partial charge in [0.05, 0.1) is 23.9 Å². The summed E-state index contributed by atoms with van der Waals surface area (Å²) < 4.78 is 5.72. The fraction of sp³-hybridized carbons (Fsp3) is 0.0667. The molecule has 0 aliphatic heterocycles. The minimum atomic E-state index is -0.647. The second-order valence-electron chi connectivity index (χ2n) is 3.90. The number of halogens is 1. The van der Waals surface area contributed by atoms with Crippen molar-refractivity contribution in [1.82, 2.24) is 0 Å². The van der Waals surface area contributed by atoms with Gasteiger partial charge in [-0.15, -0.1) is 0 Å². The van der Waals surface area contributed by atoms with Crippen molar-refractivity contribution in [1.29, 1.82) is 0 Å². The van der Waals surface area contributed by atoms with Crippen LogP contribution < -0.4 is 11.1 Å². The van der Waals surface area contributed by atoms with E-state index >= 15 is 0 Å². The highest BCUT2D eigenvalue weighted by atomic mass is 79.9. The van der Waals surface area contributed by atoms with Crippen LogP contribution in [0.25, 0.3) is 0 Å². The molecule has 0 spiro atoms. The Morgan fingerprint density at radius 1 is 1.33 bits per heavy atom. The molecule has 0 aromatic heterocycles. The highest BCUT2D eigenvalue weighted by Crippen LogP contribution is 2.22. The fourth-order valence-electron chi connectivity index (χ4n) is 1.63. The van der Waals surface area contributed by atoms with Crippen LogP contribution in [0.2, 0.25) is 0 Å². The molecule has 1 aromatic rings. The quantitative estimate of drug-likeness (QED) is 0.470. The van der Waals surface area contributed by atoms with Crippen LogP contribution in [0.4, 0.5) is 5.69 Å². The maximum absolute atomic E-state index is 12.2. The minimum absolute atomic E-state index is 0.193. The third-order valence-electron chi connectivity index (χ3n) is 2.61. The first-order valence-electron chi connectivity index (χ1n) is 5.88. The lowest BCUT2D eigenvalue weighted by Crippen LogP contribution is -2.20. The number of amides is 2. The Kier molecular flexibility index (Phi) is 5.92. The molecular formula is C15H15BrN2O3. The second kappa shape index (κ2) is 7.44. The molecule has 0 radical (unpaired) electrons. The molecule has 110 valence electrons. The molecule has 0 saturated carbocycles. The number of benzene rings is 1. The van der Waals surface area contributed by atoms with Gasteiger partial charge in [-0.3, -0.25) is 9.59 Å². The predicted molar refractivity (Wildman–Crippen MR) is 85.7 cm³/mol. The van der Waals surface area contributed by atoms with Gasteiger partial charge in [0.15, 0.2) is 0 Å². The van der Waals surface area contributed by atoms with Crippen LogP contribution in [0.3, 0.4) is 0 Å². The van der Waals surface area contributed by atoms with Gasteiger partial charge < -0.3 is 15.8 Å². The Hall–Kier alpha value is -2.34. The van der Waals surface area contributed by atoms with E-state index in [1.54, 1.807) is 12.1 Å². The molecular weight excluding hydrogens is 336 g/mol. The Morgan fingerprint density at radius 2 is 2.00 bits per heavy atom. The molecule has 6 heteroatoms. The first kappa shape index (κ1) is 16.7. The highest BCUT2D eigenvalue weighted by Gasteiger charge is 2.15. The van der Waals surface area contributed by atoms with Gasteiger partial charge in [0.2, 0.25) is 0 Å². The smallest absolute Gasteiger partial charge is 0.259 e. The van der Waals surface area contributed by atoms with Crippen molar-refractivity contribution < 1.29 is 14.3 Å². The maximum atomic E-state index is 12.2. The van der Waals surface area contributed by atoms with E-state index in [9.17, 15) is 9.59 Å². The Balaban J connectivity index is 3.19. The number of carbonyl (C=O) groups is 2. The zero-order valence-corrected chi connectivity index (χ0v) is 13.1. The number of methoxy groups -OCH3 is 1. The van der Waals surface area contributed by atoms with Gasteiger partial charge in [0.25, 0.3) is 11.8 Å². The number of ether oxygens (including phenoxy) is 1. The number of hydrogen-bond acceptors (Lipinski definition) is 3. The standard InChI is InChI=1S/C15H15BrN2O3/c1-4-10(13(5-2)21-3)15(20)18-12-7-6-9(16)8-11(12)14(17)19/h4-8H,1-2H2,3H3,(H2,17,19)(H,18,20)/b13-10-. The van der Waals surface area contributed by atoms with E-state index in [0.717, 1.165) is 0 Å². The number of rotatable bonds is 6. The van der Waals surface area contributed by atoms with Gasteiger partial charge in [-0.2, -0.15) is 0 Å². The van der Waals surface area contributed by atoms with E-state index < -0.39 is 11.8 Å². The van der Waals surface area contributed by atoms with Gasteiger partial charge in [0.1, 0.15) is 5.76 Å². The van der Waals surface area contributed by atoms with E-state index in [2.05, 4.69) is 34.4 Å². The molecule has 21 heavy (non-hydrogen) atoms. The molecule has 0 bridgehead atoms. The van der Waals surface area contributed by atoms with Crippen molar-refractivity contribution in [3.05, 3.63) is 64.9 Å². The van der Waals surface area contributed by atoms with Gasteiger partial charge in [-0.25, -0.2) is 0 Å². The van der Waals surface area contributed by atoms with E-state index in [-0.39, 0.29) is 16.9 Å². The lowest BCUT2D eigenvalue weighted by molar-refractivity contribution is -0.112. The summed E-state index contributed by atoms with van der Waals surface area (Å²) >= 11 is 3.24. The highest BCUT2D eigenvalue weighted by molar-refractivity contribution is 9.10. The van der Waals surface area contributed by atoms with Crippen molar-refractivity contribution in [2.24, 2.45) is 5.73 Å². The van der Waals surface area contributed by atoms with Gasteiger partial charge >= 0.3 is 0 Å². The monoisotopic (exact) mass is 350 g/mol. The summed E-state index contributed by atoms with van der Waals surface area (Å²) in [5.41, 5.74) is 5.99. The van der Waals surface area contributed by atoms with Crippen molar-refractivity contribution in [3.8, 4) is 0 Å². The van der Waals surface area contributed by atoms with Crippen LogP contribution in [-0.2, 0) is 9.53 Å². The van der Waals surface area contributed by atoms with Gasteiger partial charge in [-0.05, 0) is 24.3 Å². The Morgan fingerprint density at radius 3 is 2.48 bits per heavy atom. The molecule has 1 aromatic carbocycles. The molecule has 0 fully saturated rings. The summed E-state index contributed by atoms with van der Waals surface area (Å²) in [6.07, 6.45) is 2.74. The summed E-state index contributed by atoms with van der Waals surface area (Å²) in [7, 11) is 1.42. The maximum Gasteiger partial charge on any atom is 0.259 e. The second-order valence-corrected chi connectivity index (χ2v) is 4.81. The molecule has 0 aliphatic rings. The van der Waals surface area contributed by atoms with Crippen LogP contribution in [-0.4, -0.2) is 18.9 Å². The fourth-order valence-corrected chi connectivity index (χ4v) is 1.99. The van der Waals surface area contributed by atoms with Crippen LogP contribution in [0.1, 0.15) is 10.4 Å². The first-order valence-corrected chi connectivity index (χ1v) is 6.67. The molecule has 0 saturated heterocycles. The SMILES string of the molecule is C=C/C(OC)=C(\C=C)C(=O)Nc1ccc(Br)cc1C(N)=O. The molecule has 0 atom stereocenters. The average Bonchev–Trinajstić information content (AvgIpc) is 2.45. The number of nitrogens with one attached hydrogen (secondary N) is 1. The summed E-state index contributed by atoms with van der Waals surface area (Å²) in [5, 5.41) is 2.60. The molecule has 3 N–H and O–H groups in total. The van der Waals surface area contributed by atoms with E-state index in [4.69, 9.17) is 10.5 Å². The third kappa shape index (κ3) is 4.06. The minimum Gasteiger partial charge on any atom is -0.496 e. The van der Waals surface area contributed by atoms with E-state index in [1.165, 1.54) is 25.3 Å². The lowest BCUT2D eigenvalue weighted by atomic mass is 10.1. The topological polar surface area (TPSA) is 81.4 Å². The van der Waals surface area contributed by atoms with E-state index in [1.807, 2.05) is 0 Å². The van der Waals surface area contributed by atoms with E-state index in [0.29, 0.717) is 10.2 Å². The Bertz CT molecular complexity index is 636. The van der Waals surface area contributed by atoms with Crippen molar-refractivity contribution in [2.45, 2.75) is 0 Å². The number of carbonyl (C=O) groups excluding carboxylic acids is 2. The Labute approximate surface area is 131 Å². The largest absolute Gasteiger partial charge is 0.496 e. The van der Waals surface area contributed by atoms with Crippen LogP contribution >= 0.6 is 15.9 Å². The summed E-state index contributed by atoms with van der Waals surface area (Å²) in [6.45, 7) is 7.12. The third-order valence-corrected chi connectivity index (χ3v) is 3.11. The molecule has 0 aliphatic carbocycles. The first-order chi connectivity index (χ1) is 9.94. The van der Waals surface area contributed by atoms with Crippen molar-refractivity contribution in [3.63, 3.8) is 0 Å².